The number of aromatic nitrogens is 1. The van der Waals surface area contributed by atoms with Crippen molar-refractivity contribution in [3.05, 3.63) is 52.7 Å². The summed E-state index contributed by atoms with van der Waals surface area (Å²) in [6.45, 7) is 0.187. The first-order chi connectivity index (χ1) is 18.1. The summed E-state index contributed by atoms with van der Waals surface area (Å²) < 4.78 is 43.9. The SMILES string of the molecule is COc1ccc([C@@H]2[C@@H]3[C@H]4C[C@@H]([C@@H]3ON2C)[C@H]2C(=O)N(CCNc3ncc(C(F)(F)F)cc3Cl)C(=O)[C@@H]42)cc1. The molecule has 2 saturated carbocycles. The monoisotopic (exact) mass is 550 g/mol. The zero-order valence-electron chi connectivity index (χ0n) is 20.6. The first-order valence-electron chi connectivity index (χ1n) is 12.5. The fourth-order valence-corrected chi connectivity index (χ4v) is 7.30. The highest BCUT2D eigenvalue weighted by Gasteiger charge is 2.71. The first-order valence-corrected chi connectivity index (χ1v) is 12.8. The van der Waals surface area contributed by atoms with E-state index < -0.39 is 23.6 Å². The third-order valence-corrected chi connectivity index (χ3v) is 8.84. The summed E-state index contributed by atoms with van der Waals surface area (Å²) >= 11 is 5.96. The number of nitrogens with one attached hydrogen (secondary N) is 1. The molecule has 8 nitrogen and oxygen atoms in total. The molecule has 2 aliphatic heterocycles. The van der Waals surface area contributed by atoms with Crippen LogP contribution in [-0.2, 0) is 20.6 Å². The Kier molecular flexibility index (Phi) is 6.08. The van der Waals surface area contributed by atoms with Crippen LogP contribution in [0.3, 0.4) is 0 Å². The summed E-state index contributed by atoms with van der Waals surface area (Å²) in [6, 6.07) is 8.59. The third kappa shape index (κ3) is 3.85. The number of ether oxygens (including phenoxy) is 1. The van der Waals surface area contributed by atoms with Gasteiger partial charge in [-0.15, -0.1) is 0 Å². The van der Waals surface area contributed by atoms with Gasteiger partial charge in [-0.25, -0.2) is 4.98 Å². The predicted molar refractivity (Wildman–Crippen MR) is 130 cm³/mol. The van der Waals surface area contributed by atoms with Gasteiger partial charge in [0, 0.05) is 38.2 Å². The van der Waals surface area contributed by atoms with Crippen molar-refractivity contribution < 1.29 is 32.3 Å². The number of anilines is 1. The molecule has 1 N–H and O–H groups in total. The standard InChI is InChI=1S/C26H26ClF3N4O4/c1-33-21(12-3-5-14(37-2)6-4-12)20-15-10-16(22(20)38-33)19-18(15)24(35)34(25(19)36)8-7-31-23-17(27)9-13(11-32-23)26(28,29)30/h3-6,9,11,15-16,18-22H,7-8,10H2,1-2H3,(H,31,32)/t15-,16+,18-,19+,20-,21+,22-/m0/s1. The van der Waals surface area contributed by atoms with Gasteiger partial charge in [-0.3, -0.25) is 19.3 Å². The minimum absolute atomic E-state index is 0.0208. The van der Waals surface area contributed by atoms with Gasteiger partial charge in [-0.1, -0.05) is 23.7 Å². The van der Waals surface area contributed by atoms with Crippen molar-refractivity contribution in [2.75, 3.05) is 32.6 Å². The molecule has 4 aliphatic rings. The number of halogens is 4. The molecular weight excluding hydrogens is 525 g/mol. The number of rotatable bonds is 6. The highest BCUT2D eigenvalue weighted by atomic mass is 35.5. The number of imide groups is 1. The maximum absolute atomic E-state index is 13.5. The van der Waals surface area contributed by atoms with Crippen LogP contribution in [-0.4, -0.2) is 60.1 Å². The summed E-state index contributed by atoms with van der Waals surface area (Å²) in [4.78, 5) is 38.1. The molecule has 0 spiro atoms. The Morgan fingerprint density at radius 2 is 1.84 bits per heavy atom. The van der Waals surface area contributed by atoms with Crippen LogP contribution in [0.1, 0.15) is 23.6 Å². The van der Waals surface area contributed by atoms with Gasteiger partial charge < -0.3 is 10.1 Å². The summed E-state index contributed by atoms with van der Waals surface area (Å²) in [5.74, 6) is -0.318. The Morgan fingerprint density at radius 3 is 2.47 bits per heavy atom. The second kappa shape index (κ2) is 9.10. The van der Waals surface area contributed by atoms with Gasteiger partial charge in [-0.2, -0.15) is 18.2 Å². The maximum Gasteiger partial charge on any atom is 0.417 e. The number of fused-ring (bicyclic) bond motifs is 8. The minimum atomic E-state index is -4.55. The largest absolute Gasteiger partial charge is 0.497 e. The molecule has 2 aliphatic carbocycles. The van der Waals surface area contributed by atoms with Gasteiger partial charge >= 0.3 is 6.18 Å². The van der Waals surface area contributed by atoms with E-state index in [1.807, 2.05) is 36.4 Å². The topological polar surface area (TPSA) is 84.0 Å². The van der Waals surface area contributed by atoms with Crippen molar-refractivity contribution in [2.24, 2.45) is 29.6 Å². The number of hydrogen-bond acceptors (Lipinski definition) is 7. The Hall–Kier alpha value is -2.89. The Morgan fingerprint density at radius 1 is 1.16 bits per heavy atom. The lowest BCUT2D eigenvalue weighted by Crippen LogP contribution is -2.39. The molecule has 1 aromatic carbocycles. The number of alkyl halides is 3. The maximum atomic E-state index is 13.5. The van der Waals surface area contributed by atoms with Crippen molar-refractivity contribution in [3.63, 3.8) is 0 Å². The Balaban J connectivity index is 1.15. The van der Waals surface area contributed by atoms with Crippen molar-refractivity contribution in [2.45, 2.75) is 24.7 Å². The smallest absolute Gasteiger partial charge is 0.417 e. The van der Waals surface area contributed by atoms with Gasteiger partial charge in [0.2, 0.25) is 11.8 Å². The number of carbonyl (C=O) groups is 2. The zero-order valence-corrected chi connectivity index (χ0v) is 21.4. The molecule has 0 unspecified atom stereocenters. The lowest BCUT2D eigenvalue weighted by Gasteiger charge is -2.32. The highest BCUT2D eigenvalue weighted by molar-refractivity contribution is 6.33. The van der Waals surface area contributed by atoms with Crippen molar-refractivity contribution in [1.29, 1.82) is 0 Å². The van der Waals surface area contributed by atoms with Gasteiger partial charge in [0.15, 0.2) is 0 Å². The lowest BCUT2D eigenvalue weighted by atomic mass is 9.70. The molecule has 3 heterocycles. The summed E-state index contributed by atoms with van der Waals surface area (Å²) in [5, 5.41) is 4.52. The average molecular weight is 551 g/mol. The van der Waals surface area contributed by atoms with Crippen LogP contribution in [0.5, 0.6) is 5.75 Å². The van der Waals surface area contributed by atoms with Gasteiger partial charge in [0.1, 0.15) is 11.6 Å². The van der Waals surface area contributed by atoms with Crippen molar-refractivity contribution >= 4 is 29.2 Å². The summed E-state index contributed by atoms with van der Waals surface area (Å²) in [7, 11) is 3.51. The minimum Gasteiger partial charge on any atom is -0.497 e. The Bertz CT molecular complexity index is 1280. The number of hydroxylamine groups is 2. The van der Waals surface area contributed by atoms with Crippen LogP contribution >= 0.6 is 11.6 Å². The van der Waals surface area contributed by atoms with E-state index >= 15 is 0 Å². The van der Waals surface area contributed by atoms with E-state index in [2.05, 4.69) is 10.3 Å². The molecule has 2 aromatic rings. The number of pyridine rings is 1. The van der Waals surface area contributed by atoms with Crippen LogP contribution in [0, 0.1) is 29.6 Å². The number of hydrogen-bond donors (Lipinski definition) is 1. The van der Waals surface area contributed by atoms with Crippen LogP contribution < -0.4 is 10.1 Å². The molecular formula is C26H26ClF3N4O4. The fraction of sp³-hybridized carbons (Fsp3) is 0.500. The van der Waals surface area contributed by atoms with Crippen LogP contribution in [0.4, 0.5) is 19.0 Å². The first kappa shape index (κ1) is 25.4. The lowest BCUT2D eigenvalue weighted by molar-refractivity contribution is -0.164. The van der Waals surface area contributed by atoms with E-state index in [-0.39, 0.29) is 65.6 Å². The van der Waals surface area contributed by atoms with Gasteiger partial charge in [0.25, 0.3) is 0 Å². The van der Waals surface area contributed by atoms with E-state index in [1.165, 1.54) is 4.90 Å². The second-order valence-electron chi connectivity index (χ2n) is 10.3. The Labute approximate surface area is 222 Å². The van der Waals surface area contributed by atoms with E-state index in [9.17, 15) is 22.8 Å². The fourth-order valence-electron chi connectivity index (χ4n) is 7.07. The molecule has 2 saturated heterocycles. The molecule has 1 aromatic heterocycles. The van der Waals surface area contributed by atoms with Crippen LogP contribution in [0.25, 0.3) is 0 Å². The summed E-state index contributed by atoms with van der Waals surface area (Å²) in [6.07, 6.45) is -3.22. The number of carbonyl (C=O) groups excluding carboxylic acids is 2. The molecule has 6 rings (SSSR count). The molecule has 12 heteroatoms. The molecule has 2 bridgehead atoms. The second-order valence-corrected chi connectivity index (χ2v) is 10.7. The molecule has 202 valence electrons. The quantitative estimate of drug-likeness (QED) is 0.544. The molecule has 4 fully saturated rings. The predicted octanol–water partition coefficient (Wildman–Crippen LogP) is 4.03. The average Bonchev–Trinajstić information content (AvgIpc) is 3.59. The van der Waals surface area contributed by atoms with Crippen LogP contribution in [0.2, 0.25) is 5.02 Å². The third-order valence-electron chi connectivity index (χ3n) is 8.55. The number of amides is 2. The van der Waals surface area contributed by atoms with E-state index in [0.29, 0.717) is 6.20 Å². The highest BCUT2D eigenvalue weighted by Crippen LogP contribution is 2.65. The van der Waals surface area contributed by atoms with Crippen molar-refractivity contribution in [3.8, 4) is 5.75 Å². The van der Waals surface area contributed by atoms with Crippen LogP contribution in [0.15, 0.2) is 36.5 Å². The number of nitrogens with zero attached hydrogens (tertiary/aromatic N) is 3. The van der Waals surface area contributed by atoms with E-state index in [4.69, 9.17) is 21.2 Å². The normalized spacial score (nSPS) is 32.2. The van der Waals surface area contributed by atoms with Crippen molar-refractivity contribution in [1.82, 2.24) is 14.9 Å². The number of methoxy groups -OCH3 is 1. The zero-order chi connectivity index (χ0) is 26.9. The van der Waals surface area contributed by atoms with Gasteiger partial charge in [-0.05, 0) is 36.1 Å². The molecule has 38 heavy (non-hydrogen) atoms. The molecule has 7 atom stereocenters. The van der Waals surface area contributed by atoms with E-state index in [0.717, 1.165) is 23.8 Å². The van der Waals surface area contributed by atoms with Gasteiger partial charge in [0.05, 0.1) is 41.7 Å². The molecule has 0 radical (unpaired) electrons. The summed E-state index contributed by atoms with van der Waals surface area (Å²) in [5.41, 5.74) is 0.122. The molecule has 2 amide bonds. The number of benzene rings is 1. The van der Waals surface area contributed by atoms with E-state index in [1.54, 1.807) is 7.11 Å². The number of likely N-dealkylation sites (tertiary alicyclic amines) is 1.